The third-order valence-electron chi connectivity index (χ3n) is 6.11. The predicted octanol–water partition coefficient (Wildman–Crippen LogP) is 4.90. The van der Waals surface area contributed by atoms with E-state index in [0.717, 1.165) is 10.5 Å². The summed E-state index contributed by atoms with van der Waals surface area (Å²) in [5.41, 5.74) is 3.31. The van der Waals surface area contributed by atoms with Crippen molar-refractivity contribution in [3.05, 3.63) is 111 Å². The number of nitrogens with one attached hydrogen (secondary N) is 2. The smallest absolute Gasteiger partial charge is 0.329 e. The van der Waals surface area contributed by atoms with Gasteiger partial charge in [0.25, 0.3) is 11.5 Å². The number of hydrogen-bond acceptors (Lipinski definition) is 4. The highest BCUT2D eigenvalue weighted by molar-refractivity contribution is 6.31. The van der Waals surface area contributed by atoms with Gasteiger partial charge in [-0.2, -0.15) is 0 Å². The number of ether oxygens (including phenoxy) is 1. The second-order valence-corrected chi connectivity index (χ2v) is 8.99. The Bertz CT molecular complexity index is 1600. The number of urea groups is 1. The highest BCUT2D eigenvalue weighted by Crippen LogP contribution is 2.27. The van der Waals surface area contributed by atoms with Crippen LogP contribution in [0.5, 0.6) is 5.75 Å². The number of aromatic nitrogens is 2. The third kappa shape index (κ3) is 4.66. The van der Waals surface area contributed by atoms with Gasteiger partial charge in [-0.05, 0) is 48.9 Å². The van der Waals surface area contributed by atoms with Crippen molar-refractivity contribution in [1.29, 1.82) is 0 Å². The summed E-state index contributed by atoms with van der Waals surface area (Å²) in [6, 6.07) is 21.1. The fourth-order valence-electron chi connectivity index (χ4n) is 4.11. The molecule has 4 aromatic rings. The number of amides is 3. The lowest BCUT2D eigenvalue weighted by Gasteiger charge is -2.12. The monoisotopic (exact) mass is 514 g/mol. The van der Waals surface area contributed by atoms with Gasteiger partial charge in [0.2, 0.25) is 0 Å². The first kappa shape index (κ1) is 24.1. The maximum atomic E-state index is 13.6. The largest absolute Gasteiger partial charge is 0.497 e. The Balaban J connectivity index is 1.59. The van der Waals surface area contributed by atoms with Gasteiger partial charge in [-0.3, -0.25) is 19.6 Å². The van der Waals surface area contributed by atoms with Gasteiger partial charge in [0.05, 0.1) is 30.6 Å². The molecule has 3 aromatic carbocycles. The van der Waals surface area contributed by atoms with Crippen LogP contribution in [0.4, 0.5) is 4.79 Å². The molecule has 0 bridgehead atoms. The molecule has 8 nitrogen and oxygen atoms in total. The lowest BCUT2D eigenvalue weighted by atomic mass is 10.1. The molecule has 186 valence electrons. The van der Waals surface area contributed by atoms with Crippen molar-refractivity contribution in [3.63, 3.8) is 0 Å². The Kier molecular flexibility index (Phi) is 6.42. The van der Waals surface area contributed by atoms with Crippen LogP contribution in [-0.4, -0.2) is 33.7 Å². The van der Waals surface area contributed by atoms with E-state index >= 15 is 0 Å². The van der Waals surface area contributed by atoms with Crippen LogP contribution in [0.3, 0.4) is 0 Å². The minimum atomic E-state index is -0.589. The first-order valence-corrected chi connectivity index (χ1v) is 11.9. The van der Waals surface area contributed by atoms with Crippen molar-refractivity contribution < 1.29 is 14.3 Å². The quantitative estimate of drug-likeness (QED) is 0.283. The summed E-state index contributed by atoms with van der Waals surface area (Å²) in [4.78, 5) is 40.5. The Labute approximate surface area is 217 Å². The minimum absolute atomic E-state index is 0.00512. The Morgan fingerprint density at radius 2 is 1.73 bits per heavy atom. The summed E-state index contributed by atoms with van der Waals surface area (Å²) in [6.45, 7) is 1.96. The van der Waals surface area contributed by atoms with Crippen LogP contribution < -0.4 is 15.6 Å². The number of aromatic amines is 1. The number of imide groups is 1. The molecule has 0 atom stereocenters. The highest BCUT2D eigenvalue weighted by atomic mass is 35.5. The number of rotatable bonds is 6. The number of H-pyrrole nitrogens is 1. The van der Waals surface area contributed by atoms with Crippen LogP contribution in [-0.2, 0) is 11.3 Å². The molecule has 2 N–H and O–H groups in total. The molecule has 2 heterocycles. The molecule has 37 heavy (non-hydrogen) atoms. The van der Waals surface area contributed by atoms with Crippen LogP contribution in [0, 0.1) is 6.92 Å². The zero-order chi connectivity index (χ0) is 26.1. The summed E-state index contributed by atoms with van der Waals surface area (Å²) < 4.78 is 6.76. The molecule has 1 saturated heterocycles. The van der Waals surface area contributed by atoms with E-state index in [1.54, 1.807) is 49.6 Å². The van der Waals surface area contributed by atoms with Gasteiger partial charge in [-0.25, -0.2) is 9.48 Å². The van der Waals surface area contributed by atoms with Gasteiger partial charge in [0.1, 0.15) is 11.4 Å². The first-order chi connectivity index (χ1) is 17.9. The average molecular weight is 515 g/mol. The maximum Gasteiger partial charge on any atom is 0.329 e. The number of methoxy groups -OCH3 is 1. The first-order valence-electron chi connectivity index (χ1n) is 11.5. The predicted molar refractivity (Wildman–Crippen MR) is 142 cm³/mol. The van der Waals surface area contributed by atoms with Gasteiger partial charge >= 0.3 is 6.03 Å². The van der Waals surface area contributed by atoms with Crippen LogP contribution >= 0.6 is 11.6 Å². The SMILES string of the molecule is COc1cccc(-c2[nH]n(-c3ccc(C)cc3)c(=O)c2/C=C2\NC(=O)N(Cc3ccccc3Cl)C2=O)c1. The molecular weight excluding hydrogens is 492 g/mol. The molecule has 0 saturated carbocycles. The molecule has 0 aliphatic carbocycles. The molecule has 3 amide bonds. The number of aryl methyl sites for hydroxylation is 1. The number of carbonyl (C=O) groups excluding carboxylic acids is 2. The Morgan fingerprint density at radius 3 is 2.46 bits per heavy atom. The van der Waals surface area contributed by atoms with Gasteiger partial charge in [0, 0.05) is 10.6 Å². The molecular formula is C28H23ClN4O4. The number of halogens is 1. The van der Waals surface area contributed by atoms with Crippen LogP contribution in [0.1, 0.15) is 16.7 Å². The number of carbonyl (C=O) groups is 2. The minimum Gasteiger partial charge on any atom is -0.497 e. The van der Waals surface area contributed by atoms with E-state index < -0.39 is 11.9 Å². The molecule has 1 fully saturated rings. The van der Waals surface area contributed by atoms with Gasteiger partial charge in [0.15, 0.2) is 0 Å². The topological polar surface area (TPSA) is 96.4 Å². The van der Waals surface area contributed by atoms with E-state index in [9.17, 15) is 14.4 Å². The standard InChI is InChI=1S/C28H23ClN4O4/c1-17-10-12-20(13-11-17)33-26(34)22(25(31-33)18-7-5-8-21(14-18)37-2)15-24-27(35)32(28(36)30-24)16-19-6-3-4-9-23(19)29/h3-15,31H,16H2,1-2H3,(H,30,36)/b24-15-. The van der Waals surface area contributed by atoms with Crippen LogP contribution in [0.2, 0.25) is 5.02 Å². The van der Waals surface area contributed by atoms with E-state index in [1.165, 1.54) is 10.8 Å². The molecule has 5 rings (SSSR count). The van der Waals surface area contributed by atoms with E-state index in [4.69, 9.17) is 16.3 Å². The molecule has 9 heteroatoms. The normalized spacial score (nSPS) is 14.4. The Morgan fingerprint density at radius 1 is 0.973 bits per heavy atom. The second-order valence-electron chi connectivity index (χ2n) is 8.58. The van der Waals surface area contributed by atoms with Crippen molar-refractivity contribution in [2.75, 3.05) is 7.11 Å². The van der Waals surface area contributed by atoms with E-state index in [1.807, 2.05) is 37.3 Å². The Hall–Kier alpha value is -4.56. The summed E-state index contributed by atoms with van der Waals surface area (Å²) >= 11 is 6.23. The summed E-state index contributed by atoms with van der Waals surface area (Å²) in [7, 11) is 1.56. The lowest BCUT2D eigenvalue weighted by Crippen LogP contribution is -2.30. The van der Waals surface area contributed by atoms with Gasteiger partial charge < -0.3 is 10.1 Å². The van der Waals surface area contributed by atoms with Crippen LogP contribution in [0.25, 0.3) is 23.0 Å². The molecule has 1 aliphatic heterocycles. The van der Waals surface area contributed by atoms with E-state index in [-0.39, 0.29) is 23.4 Å². The molecule has 1 aromatic heterocycles. The van der Waals surface area contributed by atoms with Crippen molar-refractivity contribution in [2.45, 2.75) is 13.5 Å². The van der Waals surface area contributed by atoms with Gasteiger partial charge in [-0.15, -0.1) is 0 Å². The van der Waals surface area contributed by atoms with Crippen molar-refractivity contribution in [1.82, 2.24) is 20.0 Å². The number of hydrogen-bond donors (Lipinski definition) is 2. The van der Waals surface area contributed by atoms with E-state index in [2.05, 4.69) is 10.4 Å². The molecule has 0 unspecified atom stereocenters. The number of benzene rings is 3. The molecule has 1 aliphatic rings. The zero-order valence-electron chi connectivity index (χ0n) is 20.1. The number of nitrogens with zero attached hydrogens (tertiary/aromatic N) is 2. The third-order valence-corrected chi connectivity index (χ3v) is 6.48. The lowest BCUT2D eigenvalue weighted by molar-refractivity contribution is -0.123. The van der Waals surface area contributed by atoms with Crippen molar-refractivity contribution in [3.8, 4) is 22.7 Å². The summed E-state index contributed by atoms with van der Waals surface area (Å²) in [6.07, 6.45) is 1.41. The molecule has 0 radical (unpaired) electrons. The van der Waals surface area contributed by atoms with Crippen LogP contribution in [0.15, 0.2) is 83.3 Å². The fourth-order valence-corrected chi connectivity index (χ4v) is 4.31. The van der Waals surface area contributed by atoms with Crippen molar-refractivity contribution >= 4 is 29.6 Å². The molecule has 0 spiro atoms. The second kappa shape index (κ2) is 9.83. The van der Waals surface area contributed by atoms with Gasteiger partial charge in [-0.1, -0.05) is 59.6 Å². The average Bonchev–Trinajstić information content (AvgIpc) is 3.36. The summed E-state index contributed by atoms with van der Waals surface area (Å²) in [5.74, 6) is 0.0557. The van der Waals surface area contributed by atoms with Crippen molar-refractivity contribution in [2.24, 2.45) is 0 Å². The summed E-state index contributed by atoms with van der Waals surface area (Å²) in [5, 5.41) is 6.21. The maximum absolute atomic E-state index is 13.6. The highest BCUT2D eigenvalue weighted by Gasteiger charge is 2.34. The fraction of sp³-hybridized carbons (Fsp3) is 0.107. The van der Waals surface area contributed by atoms with E-state index in [0.29, 0.717) is 33.3 Å². The zero-order valence-corrected chi connectivity index (χ0v) is 20.9.